The highest BCUT2D eigenvalue weighted by atomic mass is 35.5. The third-order valence-electron chi connectivity index (χ3n) is 7.58. The minimum atomic E-state index is -1.76. The van der Waals surface area contributed by atoms with Crippen molar-refractivity contribution in [3.8, 4) is 17.2 Å². The van der Waals surface area contributed by atoms with Gasteiger partial charge in [-0.25, -0.2) is 9.48 Å². The number of halogens is 2. The van der Waals surface area contributed by atoms with Gasteiger partial charge in [-0.3, -0.25) is 14.5 Å². The van der Waals surface area contributed by atoms with Crippen LogP contribution in [0.5, 0.6) is 11.5 Å². The number of carbonyl (C=O) groups excluding carboxylic acids is 2. The molecule has 0 saturated carbocycles. The average Bonchev–Trinajstić information content (AvgIpc) is 3.53. The van der Waals surface area contributed by atoms with Crippen LogP contribution in [0, 0.1) is 0 Å². The number of aromatic nitrogens is 2. The molecule has 1 spiro atoms. The Balaban J connectivity index is 1.72. The van der Waals surface area contributed by atoms with Gasteiger partial charge >= 0.3 is 5.97 Å². The molecule has 3 N–H and O–H groups in total. The van der Waals surface area contributed by atoms with Gasteiger partial charge in [-0.05, 0) is 42.3 Å². The standard InChI is InChI=1S/C29H24Cl2N4O6/c1-13(2)25-23-24(33-35(25)20-10-14(27(38)39)4-9-22(20)41-3)26(37)34(19-12-16(31)6-8-21(19)36)29(23)17-7-5-15(30)11-18(17)32-28(29)40/h4-10,12-13,15,36H,11H2,1-3H3,(H,32,40)(H,38,39). The maximum atomic E-state index is 14.4. The topological polar surface area (TPSA) is 134 Å². The number of aromatic hydroxyl groups is 1. The van der Waals surface area contributed by atoms with Crippen molar-refractivity contribution >= 4 is 46.7 Å². The zero-order valence-electron chi connectivity index (χ0n) is 22.1. The zero-order chi connectivity index (χ0) is 29.4. The molecule has 2 unspecified atom stereocenters. The van der Waals surface area contributed by atoms with Crippen molar-refractivity contribution in [2.24, 2.45) is 0 Å². The summed E-state index contributed by atoms with van der Waals surface area (Å²) < 4.78 is 7.01. The number of carboxylic acid groups (broad SMARTS) is 1. The predicted octanol–water partition coefficient (Wildman–Crippen LogP) is 4.87. The van der Waals surface area contributed by atoms with E-state index in [0.29, 0.717) is 40.4 Å². The summed E-state index contributed by atoms with van der Waals surface area (Å²) in [6.45, 7) is 3.76. The number of fused-ring (bicyclic) bond motifs is 3. The monoisotopic (exact) mass is 594 g/mol. The molecular formula is C29H24Cl2N4O6. The Bertz CT molecular complexity index is 1740. The smallest absolute Gasteiger partial charge is 0.335 e. The first-order chi connectivity index (χ1) is 19.5. The number of anilines is 1. The lowest BCUT2D eigenvalue weighted by molar-refractivity contribution is -0.123. The normalized spacial score (nSPS) is 21.1. The predicted molar refractivity (Wildman–Crippen MR) is 151 cm³/mol. The van der Waals surface area contributed by atoms with Gasteiger partial charge in [0.05, 0.1) is 29.4 Å². The highest BCUT2D eigenvalue weighted by molar-refractivity contribution is 6.31. The molecule has 3 heterocycles. The van der Waals surface area contributed by atoms with Crippen LogP contribution in [0.15, 0.2) is 59.8 Å². The Morgan fingerprint density at radius 3 is 2.63 bits per heavy atom. The number of aromatic carboxylic acids is 1. The molecule has 1 aliphatic carbocycles. The molecule has 0 bridgehead atoms. The number of hydrogen-bond acceptors (Lipinski definition) is 6. The van der Waals surface area contributed by atoms with Gasteiger partial charge in [0.25, 0.3) is 11.8 Å². The van der Waals surface area contributed by atoms with Gasteiger partial charge in [0.2, 0.25) is 0 Å². The number of alkyl halides is 1. The Hall–Kier alpha value is -4.28. The zero-order valence-corrected chi connectivity index (χ0v) is 23.6. The molecule has 0 radical (unpaired) electrons. The van der Waals surface area contributed by atoms with Crippen LogP contribution in [0.25, 0.3) is 5.69 Å². The highest BCUT2D eigenvalue weighted by Crippen LogP contribution is 2.56. The number of ether oxygens (including phenoxy) is 1. The fourth-order valence-electron chi connectivity index (χ4n) is 5.93. The van der Waals surface area contributed by atoms with Crippen LogP contribution in [-0.2, 0) is 10.3 Å². The molecule has 6 rings (SSSR count). The first-order valence-electron chi connectivity index (χ1n) is 12.8. The van der Waals surface area contributed by atoms with Crippen LogP contribution in [-0.4, -0.2) is 50.3 Å². The number of methoxy groups -OCH3 is 1. The number of nitrogens with zero attached hydrogens (tertiary/aromatic N) is 3. The number of rotatable bonds is 5. The number of carbonyl (C=O) groups is 3. The van der Waals surface area contributed by atoms with Gasteiger partial charge in [-0.15, -0.1) is 11.6 Å². The van der Waals surface area contributed by atoms with E-state index in [1.54, 1.807) is 12.2 Å². The number of allylic oxidation sites excluding steroid dienone is 2. The van der Waals surface area contributed by atoms with Crippen molar-refractivity contribution in [3.05, 3.63) is 87.4 Å². The minimum absolute atomic E-state index is 0.00958. The quantitative estimate of drug-likeness (QED) is 0.359. The lowest BCUT2D eigenvalue weighted by atomic mass is 9.79. The molecule has 3 aliphatic rings. The number of nitrogens with one attached hydrogen (secondary N) is 1. The van der Waals surface area contributed by atoms with Crippen LogP contribution >= 0.6 is 23.2 Å². The van der Waals surface area contributed by atoms with Gasteiger partial charge in [0.1, 0.15) is 17.2 Å². The SMILES string of the molecule is COc1ccc(C(=O)O)cc1-n1nc2c(c1C(C)C)C1(C(=O)NC3=C1C=CC(Cl)C3)N(c1cc(Cl)ccc1O)C2=O. The van der Waals surface area contributed by atoms with Gasteiger partial charge in [-0.1, -0.05) is 37.6 Å². The lowest BCUT2D eigenvalue weighted by Crippen LogP contribution is -2.52. The second-order valence-corrected chi connectivity index (χ2v) is 11.3. The first kappa shape index (κ1) is 26.9. The first-order valence-corrected chi connectivity index (χ1v) is 13.6. The van der Waals surface area contributed by atoms with E-state index in [9.17, 15) is 24.6 Å². The van der Waals surface area contributed by atoms with Gasteiger partial charge in [-0.2, -0.15) is 5.10 Å². The Labute approximate surface area is 244 Å². The van der Waals surface area contributed by atoms with E-state index in [1.165, 1.54) is 53.1 Å². The van der Waals surface area contributed by atoms with E-state index < -0.39 is 23.3 Å². The van der Waals surface area contributed by atoms with Crippen molar-refractivity contribution in [3.63, 3.8) is 0 Å². The van der Waals surface area contributed by atoms with Crippen molar-refractivity contribution < 1.29 is 29.3 Å². The Morgan fingerprint density at radius 2 is 1.95 bits per heavy atom. The molecule has 2 aliphatic heterocycles. The van der Waals surface area contributed by atoms with Gasteiger partial charge in [0.15, 0.2) is 11.2 Å². The second-order valence-electron chi connectivity index (χ2n) is 10.3. The highest BCUT2D eigenvalue weighted by Gasteiger charge is 2.65. The fraction of sp³-hybridized carbons (Fsp3) is 0.241. The molecule has 3 aromatic rings. The van der Waals surface area contributed by atoms with Crippen molar-refractivity contribution in [2.45, 2.75) is 37.1 Å². The summed E-state index contributed by atoms with van der Waals surface area (Å²) in [4.78, 5) is 41.7. The summed E-state index contributed by atoms with van der Waals surface area (Å²) >= 11 is 12.7. The Kier molecular flexibility index (Phi) is 6.16. The summed E-state index contributed by atoms with van der Waals surface area (Å²) in [7, 11) is 1.44. The molecule has 10 nitrogen and oxygen atoms in total. The third-order valence-corrected chi connectivity index (χ3v) is 8.12. The van der Waals surface area contributed by atoms with Crippen molar-refractivity contribution in [2.75, 3.05) is 12.0 Å². The average molecular weight is 595 g/mol. The molecule has 2 aromatic carbocycles. The van der Waals surface area contributed by atoms with Crippen LogP contribution < -0.4 is 15.0 Å². The van der Waals surface area contributed by atoms with Crippen LogP contribution in [0.1, 0.15) is 58.3 Å². The van der Waals surface area contributed by atoms with Crippen LogP contribution in [0.2, 0.25) is 5.02 Å². The number of benzene rings is 2. The second kappa shape index (κ2) is 9.39. The van der Waals surface area contributed by atoms with Gasteiger partial charge in [0, 0.05) is 28.3 Å². The number of phenolic OH excluding ortho intramolecular Hbond substituents is 1. The van der Waals surface area contributed by atoms with E-state index in [-0.39, 0.29) is 39.0 Å². The molecule has 210 valence electrons. The van der Waals surface area contributed by atoms with E-state index in [2.05, 4.69) is 5.32 Å². The van der Waals surface area contributed by atoms with Crippen molar-refractivity contribution in [1.82, 2.24) is 15.1 Å². The fourth-order valence-corrected chi connectivity index (χ4v) is 6.32. The lowest BCUT2D eigenvalue weighted by Gasteiger charge is -2.36. The van der Waals surface area contributed by atoms with E-state index in [4.69, 9.17) is 33.0 Å². The maximum absolute atomic E-state index is 14.4. The third kappa shape index (κ3) is 3.70. The largest absolute Gasteiger partial charge is 0.506 e. The van der Waals surface area contributed by atoms with Gasteiger partial charge < -0.3 is 20.3 Å². The number of amides is 2. The summed E-state index contributed by atoms with van der Waals surface area (Å²) in [6, 6.07) is 8.58. The van der Waals surface area contributed by atoms with E-state index in [0.717, 1.165) is 0 Å². The maximum Gasteiger partial charge on any atom is 0.335 e. The molecule has 41 heavy (non-hydrogen) atoms. The number of carboxylic acids is 1. The minimum Gasteiger partial charge on any atom is -0.506 e. The van der Waals surface area contributed by atoms with E-state index >= 15 is 0 Å². The Morgan fingerprint density at radius 1 is 1.20 bits per heavy atom. The van der Waals surface area contributed by atoms with Crippen molar-refractivity contribution in [1.29, 1.82) is 0 Å². The summed E-state index contributed by atoms with van der Waals surface area (Å²) in [5.41, 5.74) is 0.397. The van der Waals surface area contributed by atoms with E-state index in [1.807, 2.05) is 13.8 Å². The summed E-state index contributed by atoms with van der Waals surface area (Å²) in [6.07, 6.45) is 3.79. The molecule has 2 atom stereocenters. The molecule has 1 aromatic heterocycles. The van der Waals surface area contributed by atoms with Crippen LogP contribution in [0.4, 0.5) is 5.69 Å². The van der Waals surface area contributed by atoms with Crippen LogP contribution in [0.3, 0.4) is 0 Å². The molecule has 0 saturated heterocycles. The molecular weight excluding hydrogens is 571 g/mol. The molecule has 2 amide bonds. The number of phenols is 1. The molecule has 12 heteroatoms. The molecule has 0 fully saturated rings. The summed E-state index contributed by atoms with van der Waals surface area (Å²) in [5, 5.41) is 28.1. The number of hydrogen-bond donors (Lipinski definition) is 3. The summed E-state index contributed by atoms with van der Waals surface area (Å²) in [5.74, 6) is -2.55.